The molecule has 2 unspecified atom stereocenters. The second-order valence-electron chi connectivity index (χ2n) is 8.56. The van der Waals surface area contributed by atoms with Crippen LogP contribution in [0.4, 0.5) is 9.93 Å². The molecule has 9 heteroatoms. The lowest BCUT2D eigenvalue weighted by molar-refractivity contribution is -0.0379. The van der Waals surface area contributed by atoms with Crippen LogP contribution in [0.2, 0.25) is 5.02 Å². The van der Waals surface area contributed by atoms with Gasteiger partial charge in [0.25, 0.3) is 0 Å². The van der Waals surface area contributed by atoms with Crippen LogP contribution in [0, 0.1) is 0 Å². The Morgan fingerprint density at radius 3 is 2.79 bits per heavy atom. The van der Waals surface area contributed by atoms with Gasteiger partial charge in [-0.2, -0.15) is 0 Å². The van der Waals surface area contributed by atoms with Crippen molar-refractivity contribution in [1.29, 1.82) is 0 Å². The van der Waals surface area contributed by atoms with Crippen molar-refractivity contribution in [3.8, 4) is 10.4 Å². The molecule has 1 N–H and O–H groups in total. The normalized spacial score (nSPS) is 21.4. The van der Waals surface area contributed by atoms with Gasteiger partial charge in [0.2, 0.25) is 0 Å². The lowest BCUT2D eigenvalue weighted by Gasteiger charge is -2.55. The Hall–Kier alpha value is -2.32. The van der Waals surface area contributed by atoms with E-state index in [9.17, 15) is 4.79 Å². The minimum atomic E-state index is -0.472. The summed E-state index contributed by atoms with van der Waals surface area (Å²) >= 11 is 7.99. The van der Waals surface area contributed by atoms with Crippen LogP contribution in [0.3, 0.4) is 0 Å². The first kappa shape index (κ1) is 18.7. The molecular weight excluding hydrogens is 410 g/mol. The molecule has 29 heavy (non-hydrogen) atoms. The Bertz CT molecular complexity index is 1080. The van der Waals surface area contributed by atoms with Gasteiger partial charge < -0.3 is 14.6 Å². The van der Waals surface area contributed by atoms with Crippen LogP contribution in [0.5, 0.6) is 0 Å². The number of piperidine rings is 1. The molecule has 2 atom stereocenters. The van der Waals surface area contributed by atoms with E-state index < -0.39 is 5.60 Å². The van der Waals surface area contributed by atoms with Gasteiger partial charge in [0.1, 0.15) is 11.2 Å². The summed E-state index contributed by atoms with van der Waals surface area (Å²) in [4.78, 5) is 29.8. The molecule has 0 saturated carbocycles. The first-order valence-electron chi connectivity index (χ1n) is 9.64. The SMILES string of the molecule is CC(C)(C)OC(=O)N1C2CC1CN(c1ncc(-c3ccnc4[nH]cc(Cl)c34)s1)C2. The average Bonchev–Trinajstić information content (AvgIpc) is 3.28. The van der Waals surface area contributed by atoms with Crippen molar-refractivity contribution in [2.75, 3.05) is 18.0 Å². The molecule has 1 amide bonds. The lowest BCUT2D eigenvalue weighted by atomic mass is 9.88. The Morgan fingerprint density at radius 1 is 1.31 bits per heavy atom. The maximum absolute atomic E-state index is 12.5. The Kier molecular flexibility index (Phi) is 4.25. The second kappa shape index (κ2) is 6.60. The van der Waals surface area contributed by atoms with Crippen LogP contribution in [-0.2, 0) is 4.74 Å². The van der Waals surface area contributed by atoms with Crippen LogP contribution in [-0.4, -0.2) is 56.7 Å². The summed E-state index contributed by atoms with van der Waals surface area (Å²) in [6.07, 6.45) is 6.24. The molecular formula is C20H22ClN5O2S. The van der Waals surface area contributed by atoms with E-state index in [1.807, 2.05) is 37.9 Å². The molecule has 3 aliphatic rings. The van der Waals surface area contributed by atoms with Gasteiger partial charge in [0, 0.05) is 42.6 Å². The third kappa shape index (κ3) is 3.24. The molecule has 152 valence electrons. The van der Waals surface area contributed by atoms with Crippen molar-refractivity contribution in [2.24, 2.45) is 0 Å². The first-order valence-corrected chi connectivity index (χ1v) is 10.8. The van der Waals surface area contributed by atoms with Crippen LogP contribution in [0.1, 0.15) is 27.2 Å². The number of fused-ring (bicyclic) bond motifs is 3. The number of carbonyl (C=O) groups excluding carboxylic acids is 1. The van der Waals surface area contributed by atoms with E-state index in [1.165, 1.54) is 0 Å². The number of aromatic amines is 1. The van der Waals surface area contributed by atoms with E-state index in [0.29, 0.717) is 5.02 Å². The van der Waals surface area contributed by atoms with Crippen molar-refractivity contribution in [3.05, 3.63) is 29.7 Å². The number of hydrogen-bond donors (Lipinski definition) is 1. The molecule has 3 aromatic rings. The summed E-state index contributed by atoms with van der Waals surface area (Å²) in [6.45, 7) is 7.25. The highest BCUT2D eigenvalue weighted by molar-refractivity contribution is 7.19. The van der Waals surface area contributed by atoms with Crippen LogP contribution >= 0.6 is 22.9 Å². The van der Waals surface area contributed by atoms with Gasteiger partial charge in [0.05, 0.1) is 22.0 Å². The highest BCUT2D eigenvalue weighted by Crippen LogP contribution is 2.41. The molecule has 3 fully saturated rings. The Balaban J connectivity index is 1.34. The maximum atomic E-state index is 12.5. The minimum absolute atomic E-state index is 0.183. The van der Waals surface area contributed by atoms with Crippen LogP contribution < -0.4 is 4.90 Å². The zero-order valence-electron chi connectivity index (χ0n) is 16.5. The second-order valence-corrected chi connectivity index (χ2v) is 9.98. The number of thiazole rings is 1. The summed E-state index contributed by atoms with van der Waals surface area (Å²) in [7, 11) is 0. The number of rotatable bonds is 2. The molecule has 3 aliphatic heterocycles. The summed E-state index contributed by atoms with van der Waals surface area (Å²) in [6, 6.07) is 2.34. The summed E-state index contributed by atoms with van der Waals surface area (Å²) in [5, 5.41) is 2.54. The third-order valence-corrected chi connectivity index (χ3v) is 6.74. The molecule has 0 aromatic carbocycles. The fourth-order valence-corrected chi connectivity index (χ4v) is 5.35. The quantitative estimate of drug-likeness (QED) is 0.644. The van der Waals surface area contributed by atoms with Crippen molar-refractivity contribution in [3.63, 3.8) is 0 Å². The van der Waals surface area contributed by atoms with Crippen LogP contribution in [0.25, 0.3) is 21.5 Å². The number of halogens is 1. The van der Waals surface area contributed by atoms with E-state index >= 15 is 0 Å². The molecule has 6 heterocycles. The zero-order valence-corrected chi connectivity index (χ0v) is 18.0. The topological polar surface area (TPSA) is 74.3 Å². The van der Waals surface area contributed by atoms with Gasteiger partial charge >= 0.3 is 6.09 Å². The Morgan fingerprint density at radius 2 is 2.07 bits per heavy atom. The van der Waals surface area contributed by atoms with E-state index in [4.69, 9.17) is 16.3 Å². The zero-order chi connectivity index (χ0) is 20.3. The van der Waals surface area contributed by atoms with E-state index in [-0.39, 0.29) is 18.2 Å². The Labute approximate surface area is 177 Å². The number of carbonyl (C=O) groups is 1. The molecule has 6 rings (SSSR count). The van der Waals surface area contributed by atoms with Gasteiger partial charge in [-0.25, -0.2) is 14.8 Å². The van der Waals surface area contributed by atoms with Crippen molar-refractivity contribution in [2.45, 2.75) is 44.9 Å². The molecule has 0 radical (unpaired) electrons. The average molecular weight is 432 g/mol. The number of hydrogen-bond acceptors (Lipinski definition) is 6. The van der Waals surface area contributed by atoms with Crippen LogP contribution in [0.15, 0.2) is 24.7 Å². The molecule has 0 spiro atoms. The largest absolute Gasteiger partial charge is 0.444 e. The highest BCUT2D eigenvalue weighted by atomic mass is 35.5. The lowest BCUT2D eigenvalue weighted by Crippen LogP contribution is -2.70. The fourth-order valence-electron chi connectivity index (χ4n) is 4.14. The molecule has 0 aliphatic carbocycles. The monoisotopic (exact) mass is 431 g/mol. The van der Waals surface area contributed by atoms with Crippen molar-refractivity contribution < 1.29 is 9.53 Å². The number of nitrogens with one attached hydrogen (secondary N) is 1. The number of anilines is 1. The standard InChI is InChI=1S/C20H22ClN5O2S/c1-20(2,3)28-19(27)26-11-6-12(26)10-25(9-11)18-24-8-15(29-18)13-4-5-22-17-16(13)14(21)7-23-17/h4-5,7-8,11-12H,6,9-10H2,1-3H3,(H,22,23). The third-order valence-electron chi connectivity index (χ3n) is 5.35. The summed E-state index contributed by atoms with van der Waals surface area (Å²) in [5.41, 5.74) is 1.33. The fraction of sp³-hybridized carbons (Fsp3) is 0.450. The van der Waals surface area contributed by atoms with Gasteiger partial charge in [-0.3, -0.25) is 4.90 Å². The van der Waals surface area contributed by atoms with E-state index in [1.54, 1.807) is 23.7 Å². The predicted molar refractivity (Wildman–Crippen MR) is 115 cm³/mol. The smallest absolute Gasteiger partial charge is 0.410 e. The number of ether oxygens (including phenoxy) is 1. The first-order chi connectivity index (χ1) is 13.8. The number of H-pyrrole nitrogens is 1. The van der Waals surface area contributed by atoms with E-state index in [0.717, 1.165) is 46.1 Å². The predicted octanol–water partition coefficient (Wildman–Crippen LogP) is 4.54. The minimum Gasteiger partial charge on any atom is -0.444 e. The number of nitrogens with zero attached hydrogens (tertiary/aromatic N) is 4. The number of aromatic nitrogens is 3. The molecule has 3 aromatic heterocycles. The van der Waals surface area contributed by atoms with Gasteiger partial charge in [-0.05, 0) is 33.3 Å². The molecule has 2 bridgehead atoms. The van der Waals surface area contributed by atoms with Gasteiger partial charge in [-0.1, -0.05) is 22.9 Å². The van der Waals surface area contributed by atoms with E-state index in [2.05, 4.69) is 19.9 Å². The molecule has 7 nitrogen and oxygen atoms in total. The summed E-state index contributed by atoms with van der Waals surface area (Å²) in [5.74, 6) is 0. The number of pyridine rings is 1. The number of amides is 1. The van der Waals surface area contributed by atoms with Crippen molar-refractivity contribution >= 4 is 45.2 Å². The molecule has 3 saturated heterocycles. The van der Waals surface area contributed by atoms with Gasteiger partial charge in [-0.15, -0.1) is 0 Å². The van der Waals surface area contributed by atoms with Crippen molar-refractivity contribution in [1.82, 2.24) is 19.9 Å². The summed E-state index contributed by atoms with van der Waals surface area (Å²) < 4.78 is 5.56. The number of piperazine rings is 1. The maximum Gasteiger partial charge on any atom is 0.410 e. The highest BCUT2D eigenvalue weighted by Gasteiger charge is 2.49. The van der Waals surface area contributed by atoms with Gasteiger partial charge in [0.15, 0.2) is 5.13 Å².